The zero-order valence-corrected chi connectivity index (χ0v) is 11.8. The van der Waals surface area contributed by atoms with Crippen LogP contribution in [0.1, 0.15) is 49.8 Å². The minimum absolute atomic E-state index is 0.0240. The average Bonchev–Trinajstić information content (AvgIpc) is 2.81. The summed E-state index contributed by atoms with van der Waals surface area (Å²) in [5.41, 5.74) is 0. The lowest BCUT2D eigenvalue weighted by Gasteiger charge is -2.25. The topological polar surface area (TPSA) is 71.8 Å². The summed E-state index contributed by atoms with van der Waals surface area (Å²) < 4.78 is 1.91. The third kappa shape index (κ3) is 2.84. The number of nitrogens with zero attached hydrogens (tertiary/aromatic N) is 3. The lowest BCUT2D eigenvalue weighted by Crippen LogP contribution is -2.44. The largest absolute Gasteiger partial charge is 0.335 e. The van der Waals surface area contributed by atoms with E-state index in [-0.39, 0.29) is 18.1 Å². The summed E-state index contributed by atoms with van der Waals surface area (Å²) in [6.07, 6.45) is 9.24. The zero-order valence-electron chi connectivity index (χ0n) is 11.8. The Morgan fingerprint density at radius 3 is 3.05 bits per heavy atom. The maximum absolute atomic E-state index is 12.1. The third-order valence-corrected chi connectivity index (χ3v) is 3.89. The van der Waals surface area contributed by atoms with Crippen molar-refractivity contribution in [3.05, 3.63) is 23.8 Å². The number of aryl methyl sites for hydroxylation is 2. The summed E-state index contributed by atoms with van der Waals surface area (Å²) in [7, 11) is 0. The van der Waals surface area contributed by atoms with E-state index >= 15 is 0 Å². The van der Waals surface area contributed by atoms with Gasteiger partial charge in [-0.2, -0.15) is 5.10 Å². The number of hydrogen-bond donors (Lipinski definition) is 2. The minimum atomic E-state index is -0.0931. The molecular weight excluding hydrogens is 254 g/mol. The molecular formula is C14H21N5O. The van der Waals surface area contributed by atoms with Crippen LogP contribution >= 0.6 is 0 Å². The molecule has 0 radical (unpaired) electrons. The maximum atomic E-state index is 12.1. The van der Waals surface area contributed by atoms with E-state index in [0.29, 0.717) is 0 Å². The lowest BCUT2D eigenvalue weighted by atomic mass is 10.0. The molecule has 1 aromatic heterocycles. The zero-order chi connectivity index (χ0) is 13.9. The van der Waals surface area contributed by atoms with Gasteiger partial charge >= 0.3 is 6.03 Å². The summed E-state index contributed by atoms with van der Waals surface area (Å²) in [6, 6.07) is 0.136. The number of nitrogens with one attached hydrogen (secondary N) is 2. The van der Waals surface area contributed by atoms with Gasteiger partial charge in [-0.25, -0.2) is 14.5 Å². The predicted molar refractivity (Wildman–Crippen MR) is 75.2 cm³/mol. The van der Waals surface area contributed by atoms with Crippen LogP contribution in [0.5, 0.6) is 0 Å². The van der Waals surface area contributed by atoms with Gasteiger partial charge in [-0.05, 0) is 39.0 Å². The van der Waals surface area contributed by atoms with Gasteiger partial charge in [-0.3, -0.25) is 0 Å². The van der Waals surface area contributed by atoms with Crippen LogP contribution in [-0.4, -0.2) is 26.8 Å². The fraction of sp³-hybridized carbons (Fsp3) is 0.643. The molecule has 6 nitrogen and oxygen atoms in total. The second-order valence-corrected chi connectivity index (χ2v) is 5.53. The van der Waals surface area contributed by atoms with Gasteiger partial charge in [0.25, 0.3) is 0 Å². The number of urea groups is 1. The number of allylic oxidation sites excluding steroid dienone is 1. The van der Waals surface area contributed by atoms with E-state index in [4.69, 9.17) is 0 Å². The Balaban J connectivity index is 1.60. The van der Waals surface area contributed by atoms with Crippen LogP contribution in [-0.2, 0) is 6.54 Å². The van der Waals surface area contributed by atoms with E-state index in [0.717, 1.165) is 50.3 Å². The van der Waals surface area contributed by atoms with E-state index in [1.54, 1.807) is 0 Å². The molecule has 20 heavy (non-hydrogen) atoms. The van der Waals surface area contributed by atoms with Crippen LogP contribution < -0.4 is 10.6 Å². The Kier molecular flexibility index (Phi) is 3.71. The Labute approximate surface area is 118 Å². The molecule has 0 saturated carbocycles. The smallest absolute Gasteiger partial charge is 0.315 e. The second kappa shape index (κ2) is 5.64. The molecule has 1 aliphatic carbocycles. The highest BCUT2D eigenvalue weighted by Crippen LogP contribution is 2.22. The molecule has 1 aliphatic heterocycles. The number of carbonyl (C=O) groups excluding carboxylic acids is 1. The predicted octanol–water partition coefficient (Wildman–Crippen LogP) is 1.83. The number of rotatable bonds is 2. The highest BCUT2D eigenvalue weighted by molar-refractivity contribution is 5.74. The molecule has 6 heteroatoms. The molecule has 0 fully saturated rings. The van der Waals surface area contributed by atoms with Crippen molar-refractivity contribution in [2.24, 2.45) is 0 Å². The van der Waals surface area contributed by atoms with Crippen LogP contribution in [0.4, 0.5) is 4.79 Å². The summed E-state index contributed by atoms with van der Waals surface area (Å²) in [5, 5.41) is 10.4. The van der Waals surface area contributed by atoms with Crippen LogP contribution in [0.2, 0.25) is 0 Å². The molecule has 0 saturated heterocycles. The molecule has 3 rings (SSSR count). The van der Waals surface area contributed by atoms with Gasteiger partial charge < -0.3 is 10.6 Å². The van der Waals surface area contributed by atoms with Crippen LogP contribution in [0.25, 0.3) is 0 Å². The molecule has 2 N–H and O–H groups in total. The SMILES string of the molecule is Cc1nc2n(n1)CCC[C@@H]2NC(=O)N[C@H]1CC=CCC1. The van der Waals surface area contributed by atoms with Crippen molar-refractivity contribution in [2.75, 3.05) is 0 Å². The minimum Gasteiger partial charge on any atom is -0.335 e. The van der Waals surface area contributed by atoms with Crippen molar-refractivity contribution in [1.82, 2.24) is 25.4 Å². The van der Waals surface area contributed by atoms with Crippen LogP contribution in [0.15, 0.2) is 12.2 Å². The number of hydrogen-bond acceptors (Lipinski definition) is 3. The quantitative estimate of drug-likeness (QED) is 0.809. The van der Waals surface area contributed by atoms with Crippen molar-refractivity contribution < 1.29 is 4.79 Å². The molecule has 0 bridgehead atoms. The van der Waals surface area contributed by atoms with Gasteiger partial charge in [0.2, 0.25) is 0 Å². The standard InChI is InChI=1S/C14H21N5O/c1-10-15-13-12(8-5-9-19(13)18-10)17-14(20)16-11-6-3-2-4-7-11/h2-3,11-12H,4-9H2,1H3,(H2,16,17,20)/t11-,12-/m0/s1. The van der Waals surface area contributed by atoms with E-state index in [1.807, 2.05) is 11.6 Å². The summed E-state index contributed by atoms with van der Waals surface area (Å²) in [6.45, 7) is 2.78. The normalized spacial score (nSPS) is 25.1. The van der Waals surface area contributed by atoms with Crippen molar-refractivity contribution in [3.8, 4) is 0 Å². The number of aromatic nitrogens is 3. The van der Waals surface area contributed by atoms with Crippen molar-refractivity contribution in [1.29, 1.82) is 0 Å². The Morgan fingerprint density at radius 1 is 1.35 bits per heavy atom. The Bertz CT molecular complexity index is 522. The molecule has 0 aromatic carbocycles. The Hall–Kier alpha value is -1.85. The van der Waals surface area contributed by atoms with Gasteiger partial charge in [-0.15, -0.1) is 0 Å². The second-order valence-electron chi connectivity index (χ2n) is 5.53. The maximum Gasteiger partial charge on any atom is 0.315 e. The molecule has 1 aromatic rings. The van der Waals surface area contributed by atoms with Crippen LogP contribution in [0, 0.1) is 6.92 Å². The monoisotopic (exact) mass is 275 g/mol. The van der Waals surface area contributed by atoms with Crippen molar-refractivity contribution >= 4 is 6.03 Å². The molecule has 2 atom stereocenters. The van der Waals surface area contributed by atoms with Gasteiger partial charge in [0.1, 0.15) is 11.6 Å². The van der Waals surface area contributed by atoms with Gasteiger partial charge in [0.15, 0.2) is 0 Å². The summed E-state index contributed by atoms with van der Waals surface area (Å²) in [4.78, 5) is 16.5. The van der Waals surface area contributed by atoms with Gasteiger partial charge in [-0.1, -0.05) is 12.2 Å². The van der Waals surface area contributed by atoms with Gasteiger partial charge in [0.05, 0.1) is 6.04 Å². The molecule has 108 valence electrons. The Morgan fingerprint density at radius 2 is 2.25 bits per heavy atom. The number of fused-ring (bicyclic) bond motifs is 1. The molecule has 2 heterocycles. The molecule has 2 aliphatic rings. The fourth-order valence-corrected chi connectivity index (χ4v) is 2.92. The lowest BCUT2D eigenvalue weighted by molar-refractivity contribution is 0.228. The highest BCUT2D eigenvalue weighted by atomic mass is 16.2. The fourth-order valence-electron chi connectivity index (χ4n) is 2.92. The van der Waals surface area contributed by atoms with E-state index < -0.39 is 0 Å². The molecule has 0 unspecified atom stereocenters. The first-order chi connectivity index (χ1) is 9.72. The van der Waals surface area contributed by atoms with Gasteiger partial charge in [0, 0.05) is 12.6 Å². The van der Waals surface area contributed by atoms with Crippen LogP contribution in [0.3, 0.4) is 0 Å². The summed E-state index contributed by atoms with van der Waals surface area (Å²) >= 11 is 0. The van der Waals surface area contributed by atoms with E-state index in [1.165, 1.54) is 0 Å². The van der Waals surface area contributed by atoms with Crippen molar-refractivity contribution in [2.45, 2.75) is 57.7 Å². The first-order valence-electron chi connectivity index (χ1n) is 7.36. The van der Waals surface area contributed by atoms with E-state index in [9.17, 15) is 4.79 Å². The first kappa shape index (κ1) is 13.1. The first-order valence-corrected chi connectivity index (χ1v) is 7.36. The van der Waals surface area contributed by atoms with Crippen molar-refractivity contribution in [3.63, 3.8) is 0 Å². The number of carbonyl (C=O) groups is 1. The highest BCUT2D eigenvalue weighted by Gasteiger charge is 2.25. The molecule has 2 amide bonds. The van der Waals surface area contributed by atoms with E-state index in [2.05, 4.69) is 32.9 Å². The summed E-state index contributed by atoms with van der Waals surface area (Å²) in [5.74, 6) is 1.65. The number of amides is 2. The average molecular weight is 275 g/mol. The molecule has 0 spiro atoms. The third-order valence-electron chi connectivity index (χ3n) is 3.89.